The number of aryl methyl sites for hydroxylation is 3. The molecule has 0 amide bonds. The molecule has 1 nitrogen and oxygen atoms in total. The van der Waals surface area contributed by atoms with E-state index in [0.29, 0.717) is 0 Å². The van der Waals surface area contributed by atoms with Crippen LogP contribution in [0.4, 0.5) is 0 Å². The molecule has 2 rings (SSSR count). The Balaban J connectivity index is 0. The van der Waals surface area contributed by atoms with Crippen molar-refractivity contribution < 1.29 is 4.74 Å². The van der Waals surface area contributed by atoms with E-state index in [1.54, 1.807) is 7.11 Å². The van der Waals surface area contributed by atoms with Crippen molar-refractivity contribution in [3.05, 3.63) is 28.8 Å². The molecule has 1 aromatic rings. The molecular formula is C19H36O. The van der Waals surface area contributed by atoms with Gasteiger partial charge < -0.3 is 4.74 Å². The van der Waals surface area contributed by atoms with Crippen molar-refractivity contribution in [2.75, 3.05) is 7.11 Å². The molecule has 1 aliphatic rings. The summed E-state index contributed by atoms with van der Waals surface area (Å²) in [6.45, 7) is 14.5. The fourth-order valence-corrected chi connectivity index (χ4v) is 1.94. The molecular weight excluding hydrogens is 244 g/mol. The van der Waals surface area contributed by atoms with Gasteiger partial charge in [-0.1, -0.05) is 60.5 Å². The second-order valence-corrected chi connectivity index (χ2v) is 4.44. The summed E-state index contributed by atoms with van der Waals surface area (Å²) in [4.78, 5) is 0. The van der Waals surface area contributed by atoms with Crippen LogP contribution in [-0.4, -0.2) is 7.11 Å². The van der Waals surface area contributed by atoms with E-state index < -0.39 is 0 Å². The molecule has 0 heterocycles. The highest BCUT2D eigenvalue weighted by molar-refractivity contribution is 5.43. The summed E-state index contributed by atoms with van der Waals surface area (Å²) in [6.07, 6.45) is 6.42. The van der Waals surface area contributed by atoms with Gasteiger partial charge in [0.15, 0.2) is 0 Å². The fraction of sp³-hybridized carbons (Fsp3) is 0.684. The molecule has 0 unspecified atom stereocenters. The molecule has 0 aliphatic heterocycles. The van der Waals surface area contributed by atoms with Crippen molar-refractivity contribution in [1.29, 1.82) is 0 Å². The van der Waals surface area contributed by atoms with Gasteiger partial charge in [0.25, 0.3) is 0 Å². The van der Waals surface area contributed by atoms with Gasteiger partial charge >= 0.3 is 0 Å². The summed E-state index contributed by atoms with van der Waals surface area (Å²) in [5.74, 6) is 1.04. The van der Waals surface area contributed by atoms with E-state index in [1.165, 1.54) is 48.8 Å². The molecule has 0 radical (unpaired) electrons. The van der Waals surface area contributed by atoms with Crippen molar-refractivity contribution in [1.82, 2.24) is 0 Å². The van der Waals surface area contributed by atoms with Crippen LogP contribution in [0.25, 0.3) is 0 Å². The number of methoxy groups -OCH3 is 1. The van der Waals surface area contributed by atoms with Crippen molar-refractivity contribution in [3.8, 4) is 5.75 Å². The fourth-order valence-electron chi connectivity index (χ4n) is 1.94. The predicted octanol–water partition coefficient (Wildman–Crippen LogP) is 6.35. The third-order valence-electron chi connectivity index (χ3n) is 3.11. The Morgan fingerprint density at radius 1 is 0.900 bits per heavy atom. The second kappa shape index (κ2) is 14.4. The number of fused-ring (bicyclic) bond motifs is 1. The molecule has 1 aliphatic carbocycles. The Bertz CT molecular complexity index is 326. The van der Waals surface area contributed by atoms with Crippen LogP contribution in [0.15, 0.2) is 12.1 Å². The zero-order chi connectivity index (χ0) is 16.0. The first-order valence-electron chi connectivity index (χ1n) is 8.39. The maximum absolute atomic E-state index is 5.27. The highest BCUT2D eigenvalue weighted by Gasteiger charge is 2.12. The Labute approximate surface area is 127 Å². The number of benzene rings is 1. The van der Waals surface area contributed by atoms with E-state index in [2.05, 4.69) is 32.9 Å². The van der Waals surface area contributed by atoms with Gasteiger partial charge in [0.1, 0.15) is 5.75 Å². The van der Waals surface area contributed by atoms with Gasteiger partial charge in [-0.2, -0.15) is 0 Å². The van der Waals surface area contributed by atoms with Crippen LogP contribution >= 0.6 is 0 Å². The minimum Gasteiger partial charge on any atom is -0.496 e. The third-order valence-corrected chi connectivity index (χ3v) is 3.11. The van der Waals surface area contributed by atoms with Crippen molar-refractivity contribution in [2.24, 2.45) is 0 Å². The van der Waals surface area contributed by atoms with Crippen LogP contribution in [0.2, 0.25) is 0 Å². The van der Waals surface area contributed by atoms with Gasteiger partial charge in [0.2, 0.25) is 0 Å². The smallest absolute Gasteiger partial charge is 0.122 e. The van der Waals surface area contributed by atoms with Gasteiger partial charge in [0.05, 0.1) is 7.11 Å². The molecule has 0 atom stereocenters. The largest absolute Gasteiger partial charge is 0.496 e. The summed E-state index contributed by atoms with van der Waals surface area (Å²) in [6, 6.07) is 4.46. The SMILES string of the molecule is CC.CC.CCCC.COc1cc2c(cc1C)CCC2. The molecule has 20 heavy (non-hydrogen) atoms. The lowest BCUT2D eigenvalue weighted by Crippen LogP contribution is -1.90. The summed E-state index contributed by atoms with van der Waals surface area (Å²) >= 11 is 0. The van der Waals surface area contributed by atoms with Gasteiger partial charge in [-0.3, -0.25) is 0 Å². The molecule has 118 valence electrons. The highest BCUT2D eigenvalue weighted by atomic mass is 16.5. The average Bonchev–Trinajstić information content (AvgIpc) is 2.97. The van der Waals surface area contributed by atoms with Gasteiger partial charge in [-0.15, -0.1) is 0 Å². The lowest BCUT2D eigenvalue weighted by Gasteiger charge is -2.07. The summed E-state index contributed by atoms with van der Waals surface area (Å²) < 4.78 is 5.27. The standard InChI is InChI=1S/C11H14O.C4H10.2C2H6/c1-8-6-9-4-3-5-10(9)7-11(8)12-2;1-3-4-2;2*1-2/h6-7H,3-5H2,1-2H3;3-4H2,1-2H3;2*1-2H3. The molecule has 1 aromatic carbocycles. The molecule has 0 bridgehead atoms. The first-order chi connectivity index (χ1) is 9.72. The number of unbranched alkanes of at least 4 members (excludes halogenated alkanes) is 1. The molecule has 1 heteroatoms. The molecule has 0 saturated heterocycles. The normalized spacial score (nSPS) is 10.8. The van der Waals surface area contributed by atoms with Crippen LogP contribution in [0.5, 0.6) is 5.75 Å². The molecule has 0 spiro atoms. The van der Waals surface area contributed by atoms with E-state index >= 15 is 0 Å². The summed E-state index contributed by atoms with van der Waals surface area (Å²) in [5, 5.41) is 0. The lowest BCUT2D eigenvalue weighted by molar-refractivity contribution is 0.411. The Kier molecular flexibility index (Phi) is 15.4. The predicted molar refractivity (Wildman–Crippen MR) is 93.0 cm³/mol. The van der Waals surface area contributed by atoms with E-state index in [9.17, 15) is 0 Å². The van der Waals surface area contributed by atoms with E-state index in [4.69, 9.17) is 4.74 Å². The van der Waals surface area contributed by atoms with Crippen LogP contribution < -0.4 is 4.74 Å². The Hall–Kier alpha value is -0.980. The molecule has 0 saturated carbocycles. The van der Waals surface area contributed by atoms with Crippen LogP contribution in [-0.2, 0) is 12.8 Å². The van der Waals surface area contributed by atoms with Crippen molar-refractivity contribution in [3.63, 3.8) is 0 Å². The Morgan fingerprint density at radius 3 is 1.75 bits per heavy atom. The number of hydrogen-bond acceptors (Lipinski definition) is 1. The molecule has 0 fully saturated rings. The van der Waals surface area contributed by atoms with E-state index in [1.807, 2.05) is 27.7 Å². The molecule has 0 N–H and O–H groups in total. The topological polar surface area (TPSA) is 9.23 Å². The van der Waals surface area contributed by atoms with Crippen LogP contribution in [0.3, 0.4) is 0 Å². The highest BCUT2D eigenvalue weighted by Crippen LogP contribution is 2.28. The lowest BCUT2D eigenvalue weighted by atomic mass is 10.1. The zero-order valence-electron chi connectivity index (χ0n) is 15.1. The number of hydrogen-bond donors (Lipinski definition) is 0. The van der Waals surface area contributed by atoms with Crippen LogP contribution in [0.1, 0.15) is 77.5 Å². The first-order valence-corrected chi connectivity index (χ1v) is 8.39. The quantitative estimate of drug-likeness (QED) is 0.613. The summed E-state index contributed by atoms with van der Waals surface area (Å²) in [5.41, 5.74) is 4.27. The van der Waals surface area contributed by atoms with Gasteiger partial charge in [-0.05, 0) is 48.9 Å². The van der Waals surface area contributed by atoms with Crippen LogP contribution in [0, 0.1) is 6.92 Å². The van der Waals surface area contributed by atoms with Crippen molar-refractivity contribution in [2.45, 2.75) is 80.6 Å². The third kappa shape index (κ3) is 7.57. The first kappa shape index (κ1) is 21.3. The maximum atomic E-state index is 5.27. The minimum absolute atomic E-state index is 1.04. The minimum atomic E-state index is 1.04. The zero-order valence-corrected chi connectivity index (χ0v) is 15.1. The van der Waals surface area contributed by atoms with E-state index in [-0.39, 0.29) is 0 Å². The van der Waals surface area contributed by atoms with Gasteiger partial charge in [0, 0.05) is 0 Å². The van der Waals surface area contributed by atoms with E-state index in [0.717, 1.165) is 5.75 Å². The average molecular weight is 280 g/mol. The Morgan fingerprint density at radius 2 is 1.35 bits per heavy atom. The van der Waals surface area contributed by atoms with Crippen molar-refractivity contribution >= 4 is 0 Å². The van der Waals surface area contributed by atoms with Gasteiger partial charge in [-0.25, -0.2) is 0 Å². The number of rotatable bonds is 2. The maximum Gasteiger partial charge on any atom is 0.122 e. The number of ether oxygens (including phenoxy) is 1. The molecule has 0 aromatic heterocycles. The monoisotopic (exact) mass is 280 g/mol. The summed E-state index contributed by atoms with van der Waals surface area (Å²) in [7, 11) is 1.74. The second-order valence-electron chi connectivity index (χ2n) is 4.44.